The fourth-order valence-corrected chi connectivity index (χ4v) is 4.00. The van der Waals surface area contributed by atoms with Gasteiger partial charge in [0.2, 0.25) is 0 Å². The highest BCUT2D eigenvalue weighted by atomic mass is 127. The van der Waals surface area contributed by atoms with Gasteiger partial charge in [-0.15, -0.1) is 24.0 Å². The first kappa shape index (κ1) is 25.3. The maximum atomic E-state index is 5.75. The summed E-state index contributed by atoms with van der Waals surface area (Å²) in [5.41, 5.74) is 1.22. The molecule has 2 aromatic rings. The molecular formula is C23H36IN5O2. The van der Waals surface area contributed by atoms with Gasteiger partial charge in [-0.3, -0.25) is 4.99 Å². The molecule has 0 radical (unpaired) electrons. The standard InChI is InChI=1S/C23H35N5O2.HI/c1-5-29-21-8-7-19(15-22(21)30-6-2)9-11-26-23(24-4)27-13-10-18(3)20(16-27)28-14-12-25-17-28;/h7-8,12,14-15,17-18,20H,5-6,9-11,13,16H2,1-4H3,(H,24,26);1H. The fraction of sp³-hybridized carbons (Fsp3) is 0.565. The highest BCUT2D eigenvalue weighted by molar-refractivity contribution is 14.0. The molecule has 1 aliphatic heterocycles. The zero-order valence-electron chi connectivity index (χ0n) is 19.1. The number of aliphatic imine (C=N–C) groups is 1. The van der Waals surface area contributed by atoms with Crippen molar-refractivity contribution in [3.8, 4) is 11.5 Å². The molecule has 7 nitrogen and oxygen atoms in total. The summed E-state index contributed by atoms with van der Waals surface area (Å²) in [6, 6.07) is 6.60. The largest absolute Gasteiger partial charge is 0.490 e. The highest BCUT2D eigenvalue weighted by Crippen LogP contribution is 2.29. The Labute approximate surface area is 203 Å². The molecule has 2 unspecified atom stereocenters. The molecule has 0 bridgehead atoms. The van der Waals surface area contributed by atoms with Gasteiger partial charge < -0.3 is 24.3 Å². The van der Waals surface area contributed by atoms with E-state index < -0.39 is 0 Å². The number of nitrogens with one attached hydrogen (secondary N) is 1. The lowest BCUT2D eigenvalue weighted by molar-refractivity contribution is 0.189. The van der Waals surface area contributed by atoms with Crippen LogP contribution in [0.15, 0.2) is 41.9 Å². The number of imidazole rings is 1. The minimum Gasteiger partial charge on any atom is -0.490 e. The number of nitrogens with zero attached hydrogens (tertiary/aromatic N) is 4. The molecule has 1 aliphatic rings. The van der Waals surface area contributed by atoms with E-state index in [2.05, 4.69) is 50.0 Å². The molecule has 1 aromatic carbocycles. The molecule has 172 valence electrons. The van der Waals surface area contributed by atoms with Crippen molar-refractivity contribution in [1.29, 1.82) is 0 Å². The molecule has 1 N–H and O–H groups in total. The lowest BCUT2D eigenvalue weighted by Gasteiger charge is -2.39. The summed E-state index contributed by atoms with van der Waals surface area (Å²) >= 11 is 0. The van der Waals surface area contributed by atoms with Gasteiger partial charge in [-0.1, -0.05) is 13.0 Å². The summed E-state index contributed by atoms with van der Waals surface area (Å²) in [7, 11) is 1.86. The van der Waals surface area contributed by atoms with Gasteiger partial charge in [-0.25, -0.2) is 4.98 Å². The first-order valence-electron chi connectivity index (χ1n) is 11.0. The Hall–Kier alpha value is -1.97. The van der Waals surface area contributed by atoms with Gasteiger partial charge in [0.25, 0.3) is 0 Å². The SMILES string of the molecule is CCOc1ccc(CCNC(=NC)N2CCC(C)C(n3ccnc3)C2)cc1OCC.I. The van der Waals surface area contributed by atoms with Gasteiger partial charge in [-0.05, 0) is 50.3 Å². The van der Waals surface area contributed by atoms with Gasteiger partial charge in [0, 0.05) is 39.1 Å². The van der Waals surface area contributed by atoms with Crippen LogP contribution in [0.5, 0.6) is 11.5 Å². The minimum atomic E-state index is 0. The second kappa shape index (κ2) is 12.8. The minimum absolute atomic E-state index is 0. The van der Waals surface area contributed by atoms with Crippen molar-refractivity contribution in [2.75, 3.05) is 39.9 Å². The molecule has 2 atom stereocenters. The Morgan fingerprint density at radius 1 is 1.23 bits per heavy atom. The van der Waals surface area contributed by atoms with Crippen molar-refractivity contribution in [3.63, 3.8) is 0 Å². The van der Waals surface area contributed by atoms with Crippen molar-refractivity contribution >= 4 is 29.9 Å². The molecule has 31 heavy (non-hydrogen) atoms. The summed E-state index contributed by atoms with van der Waals surface area (Å²) < 4.78 is 13.6. The number of piperidine rings is 1. The fourth-order valence-electron chi connectivity index (χ4n) is 4.00. The van der Waals surface area contributed by atoms with Gasteiger partial charge in [-0.2, -0.15) is 0 Å². The van der Waals surface area contributed by atoms with Crippen LogP contribution in [0.25, 0.3) is 0 Å². The predicted molar refractivity (Wildman–Crippen MR) is 136 cm³/mol. The number of hydrogen-bond acceptors (Lipinski definition) is 4. The van der Waals surface area contributed by atoms with Crippen molar-refractivity contribution in [1.82, 2.24) is 19.8 Å². The second-order valence-electron chi connectivity index (χ2n) is 7.66. The van der Waals surface area contributed by atoms with Crippen LogP contribution in [0.1, 0.15) is 38.8 Å². The summed E-state index contributed by atoms with van der Waals surface area (Å²) in [4.78, 5) is 11.1. The maximum Gasteiger partial charge on any atom is 0.193 e. The number of rotatable bonds is 8. The lowest BCUT2D eigenvalue weighted by Crippen LogP contribution is -2.49. The number of ether oxygens (including phenoxy) is 2. The average Bonchev–Trinajstić information content (AvgIpc) is 3.28. The topological polar surface area (TPSA) is 63.9 Å². The van der Waals surface area contributed by atoms with Crippen molar-refractivity contribution in [2.45, 2.75) is 39.7 Å². The first-order valence-corrected chi connectivity index (χ1v) is 11.0. The van der Waals surface area contributed by atoms with E-state index in [1.54, 1.807) is 0 Å². The van der Waals surface area contributed by atoms with E-state index in [1.165, 1.54) is 5.56 Å². The Balaban J connectivity index is 0.00000341. The highest BCUT2D eigenvalue weighted by Gasteiger charge is 2.28. The van der Waals surface area contributed by atoms with Crippen LogP contribution >= 0.6 is 24.0 Å². The molecule has 1 fully saturated rings. The molecular weight excluding hydrogens is 505 g/mol. The Morgan fingerprint density at radius 2 is 2.00 bits per heavy atom. The Bertz CT molecular complexity index is 812. The second-order valence-corrected chi connectivity index (χ2v) is 7.66. The molecule has 0 amide bonds. The monoisotopic (exact) mass is 541 g/mol. The summed E-state index contributed by atoms with van der Waals surface area (Å²) in [6.07, 6.45) is 7.86. The number of benzene rings is 1. The third kappa shape index (κ3) is 6.75. The number of aromatic nitrogens is 2. The zero-order valence-corrected chi connectivity index (χ0v) is 21.4. The number of halogens is 1. The molecule has 2 heterocycles. The zero-order chi connectivity index (χ0) is 21.3. The van der Waals surface area contributed by atoms with Gasteiger partial charge >= 0.3 is 0 Å². The third-order valence-corrected chi connectivity index (χ3v) is 5.64. The summed E-state index contributed by atoms with van der Waals surface area (Å²) in [6.45, 7) is 10.3. The quantitative estimate of drug-likeness (QED) is 0.311. The molecule has 1 aromatic heterocycles. The van der Waals surface area contributed by atoms with Crippen LogP contribution in [-0.2, 0) is 6.42 Å². The normalized spacial score (nSPS) is 19.0. The van der Waals surface area contributed by atoms with E-state index in [9.17, 15) is 0 Å². The van der Waals surface area contributed by atoms with E-state index in [1.807, 2.05) is 39.5 Å². The van der Waals surface area contributed by atoms with Crippen LogP contribution in [-0.4, -0.2) is 60.3 Å². The van der Waals surface area contributed by atoms with E-state index in [0.717, 1.165) is 49.9 Å². The molecule has 1 saturated heterocycles. The van der Waals surface area contributed by atoms with E-state index in [-0.39, 0.29) is 24.0 Å². The van der Waals surface area contributed by atoms with Crippen LogP contribution in [0.2, 0.25) is 0 Å². The van der Waals surface area contributed by atoms with E-state index >= 15 is 0 Å². The Kier molecular flexibility index (Phi) is 10.4. The van der Waals surface area contributed by atoms with Gasteiger partial charge in [0.1, 0.15) is 0 Å². The van der Waals surface area contributed by atoms with Crippen LogP contribution in [0, 0.1) is 5.92 Å². The van der Waals surface area contributed by atoms with Crippen molar-refractivity contribution < 1.29 is 9.47 Å². The third-order valence-electron chi connectivity index (χ3n) is 5.64. The molecule has 0 saturated carbocycles. The summed E-state index contributed by atoms with van der Waals surface area (Å²) in [5.74, 6) is 3.20. The van der Waals surface area contributed by atoms with E-state index in [0.29, 0.717) is 25.2 Å². The number of guanidine groups is 1. The van der Waals surface area contributed by atoms with Crippen LogP contribution in [0.3, 0.4) is 0 Å². The molecule has 8 heteroatoms. The molecule has 3 rings (SSSR count). The van der Waals surface area contributed by atoms with Crippen molar-refractivity contribution in [3.05, 3.63) is 42.5 Å². The summed E-state index contributed by atoms with van der Waals surface area (Å²) in [5, 5.41) is 3.54. The van der Waals surface area contributed by atoms with Gasteiger partial charge in [0.05, 0.1) is 25.6 Å². The maximum absolute atomic E-state index is 5.75. The first-order chi connectivity index (χ1) is 14.7. The molecule has 0 spiro atoms. The molecule has 0 aliphatic carbocycles. The van der Waals surface area contributed by atoms with Crippen molar-refractivity contribution in [2.24, 2.45) is 10.9 Å². The predicted octanol–water partition coefficient (Wildman–Crippen LogP) is 4.00. The number of likely N-dealkylation sites (tertiary alicyclic amines) is 1. The van der Waals surface area contributed by atoms with Crippen LogP contribution in [0.4, 0.5) is 0 Å². The Morgan fingerprint density at radius 3 is 2.68 bits per heavy atom. The van der Waals surface area contributed by atoms with Gasteiger partial charge in [0.15, 0.2) is 17.5 Å². The number of hydrogen-bond donors (Lipinski definition) is 1. The van der Waals surface area contributed by atoms with Crippen LogP contribution < -0.4 is 14.8 Å². The lowest BCUT2D eigenvalue weighted by atomic mass is 9.93. The smallest absolute Gasteiger partial charge is 0.193 e. The average molecular weight is 541 g/mol. The van der Waals surface area contributed by atoms with E-state index in [4.69, 9.17) is 9.47 Å².